The van der Waals surface area contributed by atoms with Crippen molar-refractivity contribution >= 4 is 12.0 Å². The summed E-state index contributed by atoms with van der Waals surface area (Å²) in [5.74, 6) is -0.290. The number of carboxylic acids is 1. The average Bonchev–Trinajstić information content (AvgIpc) is 3.36. The van der Waals surface area contributed by atoms with Gasteiger partial charge in [0.1, 0.15) is 0 Å². The SMILES string of the molecule is O=C(NCC1(C2CC2)CC1)N[C@H](C(=O)O)c1ccccc1. The van der Waals surface area contributed by atoms with Gasteiger partial charge in [0.2, 0.25) is 0 Å². The van der Waals surface area contributed by atoms with Gasteiger partial charge in [-0.25, -0.2) is 9.59 Å². The highest BCUT2D eigenvalue weighted by Gasteiger charge is 2.53. The minimum absolute atomic E-state index is 0.308. The van der Waals surface area contributed by atoms with Crippen molar-refractivity contribution in [2.75, 3.05) is 6.54 Å². The number of benzene rings is 1. The monoisotopic (exact) mass is 288 g/mol. The molecule has 2 saturated carbocycles. The van der Waals surface area contributed by atoms with Crippen molar-refractivity contribution in [3.05, 3.63) is 35.9 Å². The Hall–Kier alpha value is -2.04. The lowest BCUT2D eigenvalue weighted by Crippen LogP contribution is -2.43. The normalized spacial score (nSPS) is 20.4. The molecule has 0 bridgehead atoms. The number of urea groups is 1. The van der Waals surface area contributed by atoms with Gasteiger partial charge >= 0.3 is 12.0 Å². The molecular formula is C16H20N2O3. The smallest absolute Gasteiger partial charge is 0.330 e. The zero-order valence-electron chi connectivity index (χ0n) is 11.8. The highest BCUT2D eigenvalue weighted by Crippen LogP contribution is 2.60. The molecule has 0 heterocycles. The van der Waals surface area contributed by atoms with Crippen LogP contribution in [0.25, 0.3) is 0 Å². The number of hydrogen-bond acceptors (Lipinski definition) is 2. The van der Waals surface area contributed by atoms with Gasteiger partial charge in [0.15, 0.2) is 6.04 Å². The standard InChI is InChI=1S/C16H20N2O3/c19-14(20)13(11-4-2-1-3-5-11)18-15(21)17-10-16(8-9-16)12-6-7-12/h1-5,12-13H,6-10H2,(H,19,20)(H2,17,18,21)/t13-/m0/s1. The summed E-state index contributed by atoms with van der Waals surface area (Å²) in [6.07, 6.45) is 4.90. The molecule has 5 nitrogen and oxygen atoms in total. The zero-order chi connectivity index (χ0) is 14.9. The number of rotatable bonds is 6. The molecule has 0 unspecified atom stereocenters. The molecule has 0 radical (unpaired) electrons. The third-order valence-electron chi connectivity index (χ3n) is 4.59. The van der Waals surface area contributed by atoms with Gasteiger partial charge in [0.25, 0.3) is 0 Å². The predicted octanol–water partition coefficient (Wildman–Crippen LogP) is 2.30. The Morgan fingerprint density at radius 2 is 1.90 bits per heavy atom. The van der Waals surface area contributed by atoms with E-state index in [0.717, 1.165) is 5.92 Å². The largest absolute Gasteiger partial charge is 0.479 e. The third kappa shape index (κ3) is 3.17. The summed E-state index contributed by atoms with van der Waals surface area (Å²) >= 11 is 0. The molecule has 5 heteroatoms. The minimum Gasteiger partial charge on any atom is -0.479 e. The molecular weight excluding hydrogens is 268 g/mol. The van der Waals surface area contributed by atoms with Crippen LogP contribution in [0.2, 0.25) is 0 Å². The molecule has 1 aromatic carbocycles. The molecule has 1 atom stereocenters. The first-order chi connectivity index (χ1) is 10.1. The van der Waals surface area contributed by atoms with Crippen molar-refractivity contribution in [3.8, 4) is 0 Å². The number of hydrogen-bond donors (Lipinski definition) is 3. The van der Waals surface area contributed by atoms with Crippen LogP contribution >= 0.6 is 0 Å². The summed E-state index contributed by atoms with van der Waals surface area (Å²) in [5, 5.41) is 14.7. The molecule has 2 amide bonds. The summed E-state index contributed by atoms with van der Waals surface area (Å²) in [5.41, 5.74) is 0.881. The maximum Gasteiger partial charge on any atom is 0.330 e. The van der Waals surface area contributed by atoms with Gasteiger partial charge < -0.3 is 15.7 Å². The van der Waals surface area contributed by atoms with E-state index in [9.17, 15) is 14.7 Å². The van der Waals surface area contributed by atoms with Crippen LogP contribution in [0.4, 0.5) is 4.79 Å². The lowest BCUT2D eigenvalue weighted by atomic mass is 10.0. The van der Waals surface area contributed by atoms with Gasteiger partial charge in [-0.3, -0.25) is 0 Å². The molecule has 2 fully saturated rings. The fourth-order valence-electron chi connectivity index (χ4n) is 2.96. The van der Waals surface area contributed by atoms with Gasteiger partial charge in [-0.2, -0.15) is 0 Å². The van der Waals surface area contributed by atoms with Crippen molar-refractivity contribution < 1.29 is 14.7 Å². The van der Waals surface area contributed by atoms with Crippen LogP contribution in [0.15, 0.2) is 30.3 Å². The Kier molecular flexibility index (Phi) is 3.57. The van der Waals surface area contributed by atoms with E-state index in [2.05, 4.69) is 10.6 Å². The number of carbonyl (C=O) groups excluding carboxylic acids is 1. The van der Waals surface area contributed by atoms with Crippen LogP contribution in [-0.4, -0.2) is 23.7 Å². The summed E-state index contributed by atoms with van der Waals surface area (Å²) in [6.45, 7) is 0.657. The van der Waals surface area contributed by atoms with Crippen LogP contribution in [0.1, 0.15) is 37.3 Å². The quantitative estimate of drug-likeness (QED) is 0.751. The van der Waals surface area contributed by atoms with Crippen molar-refractivity contribution in [3.63, 3.8) is 0 Å². The van der Waals surface area contributed by atoms with Crippen LogP contribution in [0, 0.1) is 11.3 Å². The Balaban J connectivity index is 1.55. The lowest BCUT2D eigenvalue weighted by molar-refractivity contribution is -0.139. The summed E-state index contributed by atoms with van der Waals surface area (Å²) in [4.78, 5) is 23.3. The van der Waals surface area contributed by atoms with Gasteiger partial charge in [-0.15, -0.1) is 0 Å². The van der Waals surface area contributed by atoms with E-state index in [1.54, 1.807) is 24.3 Å². The number of carbonyl (C=O) groups is 2. The molecule has 3 N–H and O–H groups in total. The molecule has 0 spiro atoms. The van der Waals surface area contributed by atoms with Crippen LogP contribution in [0.5, 0.6) is 0 Å². The molecule has 21 heavy (non-hydrogen) atoms. The lowest BCUT2D eigenvalue weighted by Gasteiger charge is -2.18. The zero-order valence-corrected chi connectivity index (χ0v) is 11.8. The van der Waals surface area contributed by atoms with Crippen LogP contribution < -0.4 is 10.6 Å². The van der Waals surface area contributed by atoms with E-state index in [-0.39, 0.29) is 0 Å². The van der Waals surface area contributed by atoms with E-state index in [1.807, 2.05) is 6.07 Å². The van der Waals surface area contributed by atoms with Crippen LogP contribution in [-0.2, 0) is 4.79 Å². The highest BCUT2D eigenvalue weighted by atomic mass is 16.4. The molecule has 2 aliphatic carbocycles. The fourth-order valence-corrected chi connectivity index (χ4v) is 2.96. The van der Waals surface area contributed by atoms with Gasteiger partial charge in [0.05, 0.1) is 0 Å². The van der Waals surface area contributed by atoms with Gasteiger partial charge in [0, 0.05) is 6.54 Å². The molecule has 3 rings (SSSR count). The first-order valence-electron chi connectivity index (χ1n) is 7.43. The maximum atomic E-state index is 12.0. The van der Waals surface area contributed by atoms with E-state index < -0.39 is 18.0 Å². The average molecular weight is 288 g/mol. The van der Waals surface area contributed by atoms with Crippen molar-refractivity contribution in [1.29, 1.82) is 0 Å². The summed E-state index contributed by atoms with van der Waals surface area (Å²) in [7, 11) is 0. The van der Waals surface area contributed by atoms with E-state index in [0.29, 0.717) is 17.5 Å². The minimum atomic E-state index is -1.06. The third-order valence-corrected chi connectivity index (χ3v) is 4.59. The number of aliphatic carboxylic acids is 1. The second-order valence-electron chi connectivity index (χ2n) is 6.15. The van der Waals surface area contributed by atoms with Crippen LogP contribution in [0.3, 0.4) is 0 Å². The van der Waals surface area contributed by atoms with Gasteiger partial charge in [-0.05, 0) is 42.6 Å². The molecule has 0 aliphatic heterocycles. The molecule has 0 aromatic heterocycles. The van der Waals surface area contributed by atoms with Crippen molar-refractivity contribution in [2.24, 2.45) is 11.3 Å². The molecule has 0 saturated heterocycles. The second-order valence-corrected chi connectivity index (χ2v) is 6.15. The Labute approximate surface area is 123 Å². The first kappa shape index (κ1) is 13.9. The van der Waals surface area contributed by atoms with E-state index >= 15 is 0 Å². The topological polar surface area (TPSA) is 78.4 Å². The van der Waals surface area contributed by atoms with E-state index in [4.69, 9.17) is 0 Å². The number of carboxylic acid groups (broad SMARTS) is 1. The Bertz CT molecular complexity index is 536. The predicted molar refractivity (Wildman–Crippen MR) is 77.7 cm³/mol. The maximum absolute atomic E-state index is 12.0. The first-order valence-corrected chi connectivity index (χ1v) is 7.43. The Morgan fingerprint density at radius 1 is 1.24 bits per heavy atom. The van der Waals surface area contributed by atoms with Crippen molar-refractivity contribution in [2.45, 2.75) is 31.7 Å². The number of nitrogens with one attached hydrogen (secondary N) is 2. The van der Waals surface area contributed by atoms with E-state index in [1.165, 1.54) is 25.7 Å². The second kappa shape index (κ2) is 5.39. The molecule has 112 valence electrons. The Morgan fingerprint density at radius 3 is 2.43 bits per heavy atom. The molecule has 1 aromatic rings. The fraction of sp³-hybridized carbons (Fsp3) is 0.500. The summed E-state index contributed by atoms with van der Waals surface area (Å²) < 4.78 is 0. The highest BCUT2D eigenvalue weighted by molar-refractivity contribution is 5.83. The van der Waals surface area contributed by atoms with Gasteiger partial charge in [-0.1, -0.05) is 30.3 Å². The van der Waals surface area contributed by atoms with Crippen molar-refractivity contribution in [1.82, 2.24) is 10.6 Å². The number of amides is 2. The summed E-state index contributed by atoms with van der Waals surface area (Å²) in [6, 6.07) is 7.32. The molecule has 2 aliphatic rings.